The topological polar surface area (TPSA) is 87.2 Å². The summed E-state index contributed by atoms with van der Waals surface area (Å²) in [6, 6.07) is 93.6. The molecule has 82 heavy (non-hydrogen) atoms. The maximum Gasteiger partial charge on any atom is 0.168 e. The summed E-state index contributed by atoms with van der Waals surface area (Å²) in [6.45, 7) is 4.32. The molecular formula is C74H50N8. The van der Waals surface area contributed by atoms with Gasteiger partial charge in [0.2, 0.25) is 0 Å². The molecule has 0 bridgehead atoms. The fourth-order valence-electron chi connectivity index (χ4n) is 11.6. The number of rotatable bonds is 10. The van der Waals surface area contributed by atoms with Gasteiger partial charge >= 0.3 is 0 Å². The Morgan fingerprint density at radius 1 is 0.244 bits per heavy atom. The number of hydrogen-bond acceptors (Lipinski definition) is 6. The molecule has 0 saturated carbocycles. The number of fused-ring (bicyclic) bond motifs is 6. The Morgan fingerprint density at radius 2 is 0.561 bits per heavy atom. The maximum absolute atomic E-state index is 5.66. The fourth-order valence-corrected chi connectivity index (χ4v) is 11.6. The SMILES string of the molecule is Cc1ccc2c(c1)c1cc(C)ccc1n2-c1c(-c2nc(-c3ccccc3)nc(-c3ccccc3)n2)ccc(-n2c3ccc(-c4ccccc4)cc3c3cc(-c4ccccc4)ccc32)c1-c1nc(-c2ccccc2)nc(-c2ccccc2)n1. The molecule has 0 saturated heterocycles. The smallest absolute Gasteiger partial charge is 0.168 e. The highest BCUT2D eigenvalue weighted by Crippen LogP contribution is 2.47. The van der Waals surface area contributed by atoms with Crippen LogP contribution in [-0.2, 0) is 0 Å². The minimum Gasteiger partial charge on any atom is -0.308 e. The molecule has 15 rings (SSSR count). The van der Waals surface area contributed by atoms with Crippen molar-refractivity contribution in [2.45, 2.75) is 13.8 Å². The summed E-state index contributed by atoms with van der Waals surface area (Å²) in [5, 5.41) is 4.46. The van der Waals surface area contributed by atoms with E-state index < -0.39 is 0 Å². The molecule has 4 aromatic heterocycles. The molecule has 0 N–H and O–H groups in total. The van der Waals surface area contributed by atoms with E-state index in [1.165, 1.54) is 0 Å². The molecule has 0 atom stereocenters. The Balaban J connectivity index is 1.15. The van der Waals surface area contributed by atoms with Crippen molar-refractivity contribution >= 4 is 43.6 Å². The summed E-state index contributed by atoms with van der Waals surface area (Å²) in [6.07, 6.45) is 0. The Kier molecular flexibility index (Phi) is 11.8. The molecule has 386 valence electrons. The van der Waals surface area contributed by atoms with E-state index in [1.807, 2.05) is 72.8 Å². The van der Waals surface area contributed by atoms with E-state index >= 15 is 0 Å². The Morgan fingerprint density at radius 3 is 0.951 bits per heavy atom. The highest BCUT2D eigenvalue weighted by molar-refractivity contribution is 6.14. The van der Waals surface area contributed by atoms with Gasteiger partial charge in [-0.15, -0.1) is 0 Å². The van der Waals surface area contributed by atoms with Crippen LogP contribution in [0.3, 0.4) is 0 Å². The van der Waals surface area contributed by atoms with E-state index in [1.54, 1.807) is 0 Å². The first kappa shape index (κ1) is 48.2. The van der Waals surface area contributed by atoms with Gasteiger partial charge in [0.15, 0.2) is 34.9 Å². The molecule has 4 heterocycles. The fraction of sp³-hybridized carbons (Fsp3) is 0.0270. The van der Waals surface area contributed by atoms with E-state index in [9.17, 15) is 0 Å². The number of hydrogen-bond donors (Lipinski definition) is 0. The van der Waals surface area contributed by atoms with Gasteiger partial charge in [0, 0.05) is 49.4 Å². The van der Waals surface area contributed by atoms with Gasteiger partial charge in [-0.05, 0) is 96.8 Å². The van der Waals surface area contributed by atoms with Crippen molar-refractivity contribution in [1.82, 2.24) is 39.0 Å². The first-order valence-corrected chi connectivity index (χ1v) is 27.6. The van der Waals surface area contributed by atoms with Gasteiger partial charge in [0.1, 0.15) is 0 Å². The van der Waals surface area contributed by atoms with Crippen molar-refractivity contribution in [1.29, 1.82) is 0 Å². The second-order valence-corrected chi connectivity index (χ2v) is 20.8. The average molecular weight is 1050 g/mol. The average Bonchev–Trinajstić information content (AvgIpc) is 2.75. The molecule has 0 aliphatic carbocycles. The molecule has 0 aliphatic heterocycles. The van der Waals surface area contributed by atoms with Gasteiger partial charge < -0.3 is 9.13 Å². The van der Waals surface area contributed by atoms with Crippen LogP contribution in [-0.4, -0.2) is 39.0 Å². The number of benzene rings is 11. The minimum atomic E-state index is 0.478. The van der Waals surface area contributed by atoms with Crippen molar-refractivity contribution in [2.75, 3.05) is 0 Å². The third-order valence-electron chi connectivity index (χ3n) is 15.5. The van der Waals surface area contributed by atoms with E-state index in [2.05, 4.69) is 217 Å². The number of aromatic nitrogens is 8. The summed E-state index contributed by atoms with van der Waals surface area (Å²) in [4.78, 5) is 32.8. The second kappa shape index (κ2) is 20.0. The van der Waals surface area contributed by atoms with Crippen LogP contribution in [0.15, 0.2) is 267 Å². The molecule has 0 unspecified atom stereocenters. The highest BCUT2D eigenvalue weighted by Gasteiger charge is 2.30. The van der Waals surface area contributed by atoms with E-state index in [4.69, 9.17) is 29.9 Å². The van der Waals surface area contributed by atoms with Crippen LogP contribution in [0, 0.1) is 13.8 Å². The van der Waals surface area contributed by atoms with Crippen LogP contribution in [0.1, 0.15) is 11.1 Å². The lowest BCUT2D eigenvalue weighted by atomic mass is 10.0. The monoisotopic (exact) mass is 1050 g/mol. The van der Waals surface area contributed by atoms with E-state index in [0.717, 1.165) is 122 Å². The van der Waals surface area contributed by atoms with Crippen LogP contribution in [0.2, 0.25) is 0 Å². The molecular weight excluding hydrogens is 1000 g/mol. The normalized spacial score (nSPS) is 11.5. The molecule has 11 aromatic carbocycles. The Hall–Kier alpha value is -11.0. The number of aryl methyl sites for hydroxylation is 2. The van der Waals surface area contributed by atoms with Crippen LogP contribution in [0.5, 0.6) is 0 Å². The van der Waals surface area contributed by atoms with Gasteiger partial charge in [-0.1, -0.05) is 217 Å². The summed E-state index contributed by atoms with van der Waals surface area (Å²) < 4.78 is 4.81. The van der Waals surface area contributed by atoms with Crippen molar-refractivity contribution in [3.8, 4) is 102 Å². The molecule has 8 heteroatoms. The van der Waals surface area contributed by atoms with Gasteiger partial charge in [-0.2, -0.15) is 0 Å². The molecule has 15 aromatic rings. The summed E-state index contributed by atoms with van der Waals surface area (Å²) in [7, 11) is 0. The zero-order valence-electron chi connectivity index (χ0n) is 45.0. The molecule has 0 aliphatic rings. The zero-order valence-corrected chi connectivity index (χ0v) is 45.0. The quantitative estimate of drug-likeness (QED) is 0.136. The largest absolute Gasteiger partial charge is 0.308 e. The third-order valence-corrected chi connectivity index (χ3v) is 15.5. The van der Waals surface area contributed by atoms with Crippen molar-refractivity contribution in [2.24, 2.45) is 0 Å². The third kappa shape index (κ3) is 8.49. The molecule has 0 radical (unpaired) electrons. The highest BCUT2D eigenvalue weighted by atomic mass is 15.1. The first-order valence-electron chi connectivity index (χ1n) is 27.6. The molecule has 0 amide bonds. The lowest BCUT2D eigenvalue weighted by Gasteiger charge is -2.23. The summed E-state index contributed by atoms with van der Waals surface area (Å²) in [5.41, 5.74) is 17.6. The molecule has 0 fully saturated rings. The predicted molar refractivity (Wildman–Crippen MR) is 335 cm³/mol. The van der Waals surface area contributed by atoms with Crippen LogP contribution >= 0.6 is 0 Å². The maximum atomic E-state index is 5.66. The summed E-state index contributed by atoms with van der Waals surface area (Å²) in [5.74, 6) is 3.16. The standard InChI is InChI=1S/C74H50N8/c1-47-33-38-64-58(43-47)59-44-48(2)34-39-65(59)82(64)68-57(73-77-69(51-25-13-5-14-26-51)75-70(78-73)52-27-15-6-16-28-52)37-42-66(67(68)74-79-71(53-29-17-7-18-30-53)76-72(80-74)54-31-19-8-20-32-54)81-62-40-35-55(49-21-9-3-10-22-49)45-60(62)61-46-56(36-41-63(61)81)50-23-11-4-12-24-50/h3-46H,1-2H3. The Labute approximate surface area is 474 Å². The van der Waals surface area contributed by atoms with Crippen LogP contribution < -0.4 is 0 Å². The predicted octanol–water partition coefficient (Wildman–Crippen LogP) is 18.2. The van der Waals surface area contributed by atoms with Crippen LogP contribution in [0.4, 0.5) is 0 Å². The van der Waals surface area contributed by atoms with Crippen molar-refractivity contribution in [3.05, 3.63) is 278 Å². The van der Waals surface area contributed by atoms with Gasteiger partial charge in [0.25, 0.3) is 0 Å². The van der Waals surface area contributed by atoms with Crippen LogP contribution in [0.25, 0.3) is 146 Å². The van der Waals surface area contributed by atoms with E-state index in [-0.39, 0.29) is 0 Å². The summed E-state index contributed by atoms with van der Waals surface area (Å²) >= 11 is 0. The van der Waals surface area contributed by atoms with Gasteiger partial charge in [-0.3, -0.25) is 0 Å². The zero-order chi connectivity index (χ0) is 54.7. The minimum absolute atomic E-state index is 0.478. The number of nitrogens with zero attached hydrogens (tertiary/aromatic N) is 8. The Bertz CT molecular complexity index is 4630. The second-order valence-electron chi connectivity index (χ2n) is 20.8. The van der Waals surface area contributed by atoms with Gasteiger partial charge in [-0.25, -0.2) is 29.9 Å². The van der Waals surface area contributed by atoms with E-state index in [0.29, 0.717) is 34.9 Å². The first-order chi connectivity index (χ1) is 40.5. The lowest BCUT2D eigenvalue weighted by Crippen LogP contribution is -2.10. The lowest BCUT2D eigenvalue weighted by molar-refractivity contribution is 1.04. The molecule has 8 nitrogen and oxygen atoms in total. The van der Waals surface area contributed by atoms with Gasteiger partial charge in [0.05, 0.1) is 39.0 Å². The van der Waals surface area contributed by atoms with Crippen molar-refractivity contribution < 1.29 is 0 Å². The molecule has 0 spiro atoms. The van der Waals surface area contributed by atoms with Crippen molar-refractivity contribution in [3.63, 3.8) is 0 Å².